The summed E-state index contributed by atoms with van der Waals surface area (Å²) >= 11 is 0. The van der Waals surface area contributed by atoms with Crippen molar-refractivity contribution in [1.82, 2.24) is 4.90 Å². The van der Waals surface area contributed by atoms with Crippen LogP contribution in [0.3, 0.4) is 0 Å². The van der Waals surface area contributed by atoms with Gasteiger partial charge in [-0.1, -0.05) is 36.4 Å². The Labute approximate surface area is 120 Å². The van der Waals surface area contributed by atoms with E-state index in [-0.39, 0.29) is 0 Å². The van der Waals surface area contributed by atoms with Crippen LogP contribution in [-0.2, 0) is 13.1 Å². The Morgan fingerprint density at radius 2 is 1.25 bits per heavy atom. The molecule has 2 aliphatic rings. The molecule has 3 nitrogen and oxygen atoms in total. The van der Waals surface area contributed by atoms with Crippen molar-refractivity contribution in [2.45, 2.75) is 19.4 Å². The van der Waals surface area contributed by atoms with E-state index in [4.69, 9.17) is 0 Å². The molecule has 0 fully saturated rings. The van der Waals surface area contributed by atoms with Gasteiger partial charge in [-0.3, -0.25) is 4.90 Å². The molecule has 0 spiro atoms. The Hall–Kier alpha value is -2.00. The van der Waals surface area contributed by atoms with Gasteiger partial charge in [0.2, 0.25) is 0 Å². The smallest absolute Gasteiger partial charge is 0.160 e. The van der Waals surface area contributed by atoms with E-state index in [1.165, 1.54) is 22.5 Å². The fraction of sp³-hybridized carbons (Fsp3) is 0.294. The van der Waals surface area contributed by atoms with E-state index >= 15 is 0 Å². The van der Waals surface area contributed by atoms with Crippen LogP contribution in [-0.4, -0.2) is 25.3 Å². The van der Waals surface area contributed by atoms with E-state index in [9.17, 15) is 0 Å². The topological polar surface area (TPSA) is 9.72 Å². The normalized spacial score (nSPS) is 17.1. The molecule has 2 heterocycles. The maximum Gasteiger partial charge on any atom is 0.160 e. The highest BCUT2D eigenvalue weighted by Crippen LogP contribution is 2.41. The van der Waals surface area contributed by atoms with Crippen LogP contribution in [0, 0.1) is 0 Å². The van der Waals surface area contributed by atoms with E-state index in [1.807, 2.05) is 0 Å². The first kappa shape index (κ1) is 11.8. The van der Waals surface area contributed by atoms with E-state index < -0.39 is 0 Å². The van der Waals surface area contributed by atoms with Gasteiger partial charge in [0.05, 0.1) is 0 Å². The van der Waals surface area contributed by atoms with E-state index in [2.05, 4.69) is 77.3 Å². The molecular weight excluding hydrogens is 246 g/mol. The van der Waals surface area contributed by atoms with Crippen LogP contribution < -0.4 is 9.80 Å². The predicted molar refractivity (Wildman–Crippen MR) is 82.7 cm³/mol. The second-order valence-electron chi connectivity index (χ2n) is 5.82. The van der Waals surface area contributed by atoms with Crippen LogP contribution in [0.1, 0.15) is 11.1 Å². The summed E-state index contributed by atoms with van der Waals surface area (Å²) in [5.41, 5.74) is 5.58. The third kappa shape index (κ3) is 1.56. The number of para-hydroxylation sites is 2. The number of anilines is 2. The van der Waals surface area contributed by atoms with E-state index in [0.717, 1.165) is 13.1 Å². The molecule has 0 unspecified atom stereocenters. The van der Waals surface area contributed by atoms with Gasteiger partial charge < -0.3 is 9.80 Å². The van der Waals surface area contributed by atoms with Gasteiger partial charge in [-0.05, 0) is 37.4 Å². The Bertz CT molecular complexity index is 597. The average Bonchev–Trinajstić information content (AvgIpc) is 2.46. The molecule has 3 heteroatoms. The van der Waals surface area contributed by atoms with Gasteiger partial charge in [-0.2, -0.15) is 0 Å². The Kier molecular flexibility index (Phi) is 2.51. The third-order valence-corrected chi connectivity index (χ3v) is 4.30. The SMILES string of the molecule is CN(C)C1N2Cc3ccccc3N1Cc1ccccc12. The summed E-state index contributed by atoms with van der Waals surface area (Å²) in [4.78, 5) is 7.30. The van der Waals surface area contributed by atoms with Crippen LogP contribution >= 0.6 is 0 Å². The first-order valence-electron chi connectivity index (χ1n) is 7.11. The summed E-state index contributed by atoms with van der Waals surface area (Å²) in [6, 6.07) is 17.5. The fourth-order valence-corrected chi connectivity index (χ4v) is 3.52. The molecule has 0 amide bonds. The van der Waals surface area contributed by atoms with Crippen molar-refractivity contribution in [3.05, 3.63) is 59.7 Å². The van der Waals surface area contributed by atoms with E-state index in [1.54, 1.807) is 0 Å². The van der Waals surface area contributed by atoms with Gasteiger partial charge >= 0.3 is 0 Å². The van der Waals surface area contributed by atoms with Crippen molar-refractivity contribution in [2.24, 2.45) is 0 Å². The van der Waals surface area contributed by atoms with Crippen molar-refractivity contribution in [3.8, 4) is 0 Å². The van der Waals surface area contributed by atoms with Crippen LogP contribution in [0.2, 0.25) is 0 Å². The fourth-order valence-electron chi connectivity index (χ4n) is 3.52. The van der Waals surface area contributed by atoms with Crippen LogP contribution in [0.25, 0.3) is 0 Å². The summed E-state index contributed by atoms with van der Waals surface area (Å²) in [5, 5.41) is 0. The van der Waals surface area contributed by atoms with E-state index in [0.29, 0.717) is 6.29 Å². The minimum absolute atomic E-state index is 0.305. The number of benzene rings is 2. The number of hydrogen-bond donors (Lipinski definition) is 0. The molecule has 2 bridgehead atoms. The highest BCUT2D eigenvalue weighted by Gasteiger charge is 2.38. The summed E-state index contributed by atoms with van der Waals surface area (Å²) in [5.74, 6) is 0. The van der Waals surface area contributed by atoms with Gasteiger partial charge in [0.15, 0.2) is 6.29 Å². The van der Waals surface area contributed by atoms with Gasteiger partial charge in [0.25, 0.3) is 0 Å². The average molecular weight is 265 g/mol. The monoisotopic (exact) mass is 265 g/mol. The van der Waals surface area contributed by atoms with Crippen molar-refractivity contribution >= 4 is 11.4 Å². The zero-order valence-electron chi connectivity index (χ0n) is 12.0. The maximum atomic E-state index is 2.50. The molecule has 0 atom stereocenters. The minimum atomic E-state index is 0.305. The Morgan fingerprint density at radius 1 is 0.800 bits per heavy atom. The lowest BCUT2D eigenvalue weighted by molar-refractivity contribution is 0.252. The zero-order valence-corrected chi connectivity index (χ0v) is 12.0. The second kappa shape index (κ2) is 4.25. The van der Waals surface area contributed by atoms with Gasteiger partial charge in [0, 0.05) is 24.5 Å². The van der Waals surface area contributed by atoms with Crippen LogP contribution in [0.15, 0.2) is 48.5 Å². The zero-order chi connectivity index (χ0) is 13.7. The molecule has 0 saturated carbocycles. The summed E-state index contributed by atoms with van der Waals surface area (Å²) < 4.78 is 0. The second-order valence-corrected chi connectivity index (χ2v) is 5.82. The molecule has 4 rings (SSSR count). The van der Waals surface area contributed by atoms with Crippen molar-refractivity contribution in [2.75, 3.05) is 23.9 Å². The van der Waals surface area contributed by atoms with Gasteiger partial charge in [0.1, 0.15) is 0 Å². The van der Waals surface area contributed by atoms with Gasteiger partial charge in [-0.25, -0.2) is 0 Å². The highest BCUT2D eigenvalue weighted by atomic mass is 15.5. The third-order valence-electron chi connectivity index (χ3n) is 4.30. The lowest BCUT2D eigenvalue weighted by Gasteiger charge is -2.53. The molecule has 0 saturated heterocycles. The molecule has 20 heavy (non-hydrogen) atoms. The first-order chi connectivity index (χ1) is 9.75. The van der Waals surface area contributed by atoms with Crippen LogP contribution in [0.4, 0.5) is 11.4 Å². The lowest BCUT2D eigenvalue weighted by Crippen LogP contribution is -2.61. The first-order valence-corrected chi connectivity index (χ1v) is 7.11. The van der Waals surface area contributed by atoms with Crippen molar-refractivity contribution in [1.29, 1.82) is 0 Å². The number of nitrogens with zero attached hydrogens (tertiary/aromatic N) is 3. The quantitative estimate of drug-likeness (QED) is 0.785. The molecule has 0 N–H and O–H groups in total. The predicted octanol–water partition coefficient (Wildman–Crippen LogP) is 2.87. The Morgan fingerprint density at radius 3 is 1.70 bits per heavy atom. The summed E-state index contributed by atoms with van der Waals surface area (Å²) in [6.07, 6.45) is 0.305. The largest absolute Gasteiger partial charge is 0.334 e. The number of rotatable bonds is 1. The molecule has 102 valence electrons. The highest BCUT2D eigenvalue weighted by molar-refractivity contribution is 5.68. The molecule has 0 radical (unpaired) electrons. The Balaban J connectivity index is 1.90. The number of fused-ring (bicyclic) bond motifs is 6. The summed E-state index contributed by atoms with van der Waals surface area (Å²) in [7, 11) is 4.32. The molecule has 2 aromatic rings. The lowest BCUT2D eigenvalue weighted by atomic mass is 10.0. The maximum absolute atomic E-state index is 2.50. The number of hydrogen-bond acceptors (Lipinski definition) is 3. The molecule has 2 aromatic carbocycles. The molecule has 0 aliphatic carbocycles. The van der Waals surface area contributed by atoms with Crippen molar-refractivity contribution < 1.29 is 0 Å². The molecule has 0 aromatic heterocycles. The minimum Gasteiger partial charge on any atom is -0.334 e. The van der Waals surface area contributed by atoms with Crippen molar-refractivity contribution in [3.63, 3.8) is 0 Å². The molecular formula is C17H19N3. The van der Waals surface area contributed by atoms with Gasteiger partial charge in [-0.15, -0.1) is 0 Å². The molecule has 2 aliphatic heterocycles. The van der Waals surface area contributed by atoms with Crippen LogP contribution in [0.5, 0.6) is 0 Å². The standard InChI is InChI=1S/C17H19N3/c1-18(2)17-19-11-13-7-3-5-9-15(13)20(17)12-14-8-4-6-10-16(14)19/h3-10,17H,11-12H2,1-2H3. The summed E-state index contributed by atoms with van der Waals surface area (Å²) in [6.45, 7) is 1.96.